The molecule has 0 bridgehead atoms. The van der Waals surface area contributed by atoms with Crippen molar-refractivity contribution in [3.63, 3.8) is 0 Å². The van der Waals surface area contributed by atoms with Crippen LogP contribution in [0.1, 0.15) is 26.4 Å². The molecule has 0 unspecified atom stereocenters. The van der Waals surface area contributed by atoms with Gasteiger partial charge in [0.2, 0.25) is 0 Å². The number of ether oxygens (including phenoxy) is 1. The Kier molecular flexibility index (Phi) is 7.18. The van der Waals surface area contributed by atoms with Crippen LogP contribution in [0.2, 0.25) is 0 Å². The van der Waals surface area contributed by atoms with Crippen LogP contribution in [0.5, 0.6) is 5.75 Å². The van der Waals surface area contributed by atoms with Crippen molar-refractivity contribution in [3.05, 3.63) is 87.1 Å². The number of alkyl halides is 3. The van der Waals surface area contributed by atoms with Gasteiger partial charge in [0.25, 0.3) is 5.91 Å². The molecule has 1 aliphatic rings. The summed E-state index contributed by atoms with van der Waals surface area (Å²) in [6, 6.07) is 10.0. The second-order valence-electron chi connectivity index (χ2n) is 7.95. The molecule has 4 rings (SSSR count). The number of benzene rings is 2. The van der Waals surface area contributed by atoms with Crippen LogP contribution in [-0.2, 0) is 19.3 Å². The molecule has 4 nitrogen and oxygen atoms in total. The average molecular weight is 497 g/mol. The molecule has 1 aliphatic heterocycles. The summed E-state index contributed by atoms with van der Waals surface area (Å²) in [6.07, 6.45) is -4.38. The van der Waals surface area contributed by atoms with Crippen LogP contribution >= 0.6 is 11.3 Å². The lowest BCUT2D eigenvalue weighted by Gasteiger charge is -2.34. The lowest BCUT2D eigenvalue weighted by Crippen LogP contribution is -2.48. The molecule has 1 amide bonds. The van der Waals surface area contributed by atoms with Crippen molar-refractivity contribution in [1.29, 1.82) is 0 Å². The number of halogens is 5. The highest BCUT2D eigenvalue weighted by molar-refractivity contribution is 7.12. The summed E-state index contributed by atoms with van der Waals surface area (Å²) < 4.78 is 70.8. The third-order valence-corrected chi connectivity index (χ3v) is 6.44. The zero-order chi connectivity index (χ0) is 24.3. The summed E-state index contributed by atoms with van der Waals surface area (Å²) in [5.41, 5.74) is 0.605. The highest BCUT2D eigenvalue weighted by Gasteiger charge is 2.30. The maximum Gasteiger partial charge on any atom is 0.416 e. The molecule has 34 heavy (non-hydrogen) atoms. The van der Waals surface area contributed by atoms with E-state index in [-0.39, 0.29) is 18.3 Å². The number of hydrogen-bond donors (Lipinski definition) is 0. The molecular weight excluding hydrogens is 475 g/mol. The molecule has 2 aromatic carbocycles. The highest BCUT2D eigenvalue weighted by atomic mass is 32.1. The van der Waals surface area contributed by atoms with E-state index < -0.39 is 23.4 Å². The van der Waals surface area contributed by atoms with Crippen LogP contribution in [0.4, 0.5) is 22.0 Å². The molecule has 0 radical (unpaired) electrons. The minimum absolute atomic E-state index is 0.0388. The number of thiophene rings is 1. The number of nitrogens with zero attached hydrogens (tertiary/aromatic N) is 2. The Hall–Kier alpha value is -2.98. The third-order valence-electron chi connectivity index (χ3n) is 5.47. The Morgan fingerprint density at radius 2 is 1.74 bits per heavy atom. The van der Waals surface area contributed by atoms with E-state index in [9.17, 15) is 26.7 Å². The summed E-state index contributed by atoms with van der Waals surface area (Å²) in [6.45, 7) is 2.44. The quantitative estimate of drug-likeness (QED) is 0.418. The molecule has 10 heteroatoms. The molecule has 3 aromatic rings. The fourth-order valence-electron chi connectivity index (χ4n) is 3.69. The molecule has 0 N–H and O–H groups in total. The van der Waals surface area contributed by atoms with Crippen LogP contribution < -0.4 is 4.74 Å². The normalized spacial score (nSPS) is 14.9. The topological polar surface area (TPSA) is 32.8 Å². The second-order valence-corrected chi connectivity index (χ2v) is 8.86. The zero-order valence-electron chi connectivity index (χ0n) is 17.9. The second kappa shape index (κ2) is 10.1. The molecular formula is C24H21F5N2O2S. The van der Waals surface area contributed by atoms with E-state index in [1.807, 2.05) is 4.90 Å². The number of rotatable bonds is 6. The van der Waals surface area contributed by atoms with Crippen molar-refractivity contribution < 1.29 is 31.5 Å². The van der Waals surface area contributed by atoms with Crippen molar-refractivity contribution in [1.82, 2.24) is 9.80 Å². The first-order valence-electron chi connectivity index (χ1n) is 10.5. The fraction of sp³-hybridized carbons (Fsp3) is 0.292. The zero-order valence-corrected chi connectivity index (χ0v) is 18.8. The summed E-state index contributed by atoms with van der Waals surface area (Å²) in [5, 5.41) is 1.75. The molecule has 0 aliphatic carbocycles. The minimum Gasteiger partial charge on any atom is -0.486 e. The number of hydrogen-bond acceptors (Lipinski definition) is 4. The van der Waals surface area contributed by atoms with Crippen LogP contribution in [0.15, 0.2) is 53.9 Å². The largest absolute Gasteiger partial charge is 0.486 e. The predicted molar refractivity (Wildman–Crippen MR) is 118 cm³/mol. The van der Waals surface area contributed by atoms with Crippen LogP contribution in [-0.4, -0.2) is 41.9 Å². The summed E-state index contributed by atoms with van der Waals surface area (Å²) in [5.74, 6) is -1.70. The summed E-state index contributed by atoms with van der Waals surface area (Å²) >= 11 is 1.26. The molecule has 0 spiro atoms. The number of carbonyl (C=O) groups is 1. The number of carbonyl (C=O) groups excluding carboxylic acids is 1. The van der Waals surface area contributed by atoms with Gasteiger partial charge in [0.05, 0.1) is 10.4 Å². The maximum absolute atomic E-state index is 13.7. The van der Waals surface area contributed by atoms with Gasteiger partial charge in [-0.25, -0.2) is 8.78 Å². The van der Waals surface area contributed by atoms with Crippen LogP contribution in [0, 0.1) is 11.6 Å². The minimum atomic E-state index is -4.38. The SMILES string of the molecule is O=C(c1cc(COc2ccc(F)cc2F)cs1)N1CCN(Cc2cccc(C(F)(F)F)c2)CC1. The third kappa shape index (κ3) is 5.92. The van der Waals surface area contributed by atoms with Gasteiger partial charge in [-0.2, -0.15) is 13.2 Å². The first kappa shape index (κ1) is 24.2. The molecule has 1 saturated heterocycles. The molecule has 180 valence electrons. The van der Waals surface area contributed by atoms with Gasteiger partial charge in [-0.15, -0.1) is 11.3 Å². The van der Waals surface area contributed by atoms with Gasteiger partial charge in [-0.3, -0.25) is 9.69 Å². The van der Waals surface area contributed by atoms with E-state index in [2.05, 4.69) is 0 Å². The monoisotopic (exact) mass is 496 g/mol. The van der Waals surface area contributed by atoms with Crippen LogP contribution in [0.3, 0.4) is 0 Å². The fourth-order valence-corrected chi connectivity index (χ4v) is 4.55. The Balaban J connectivity index is 1.29. The van der Waals surface area contributed by atoms with Crippen molar-refractivity contribution >= 4 is 17.2 Å². The van der Waals surface area contributed by atoms with Gasteiger partial charge in [0.15, 0.2) is 11.6 Å². The summed E-state index contributed by atoms with van der Waals surface area (Å²) in [7, 11) is 0. The summed E-state index contributed by atoms with van der Waals surface area (Å²) in [4.78, 5) is 17.1. The predicted octanol–water partition coefficient (Wildman–Crippen LogP) is 5.58. The lowest BCUT2D eigenvalue weighted by atomic mass is 10.1. The van der Waals surface area contributed by atoms with Crippen molar-refractivity contribution in [3.8, 4) is 5.75 Å². The Morgan fingerprint density at radius 1 is 0.971 bits per heavy atom. The van der Waals surface area contributed by atoms with E-state index in [0.717, 1.165) is 24.3 Å². The number of piperazine rings is 1. The Labute approximate surface area is 197 Å². The van der Waals surface area contributed by atoms with Gasteiger partial charge in [0, 0.05) is 44.4 Å². The van der Waals surface area contributed by atoms with Crippen molar-refractivity contribution in [2.45, 2.75) is 19.3 Å². The van der Waals surface area contributed by atoms with E-state index in [0.29, 0.717) is 48.7 Å². The van der Waals surface area contributed by atoms with Gasteiger partial charge in [0.1, 0.15) is 12.4 Å². The van der Waals surface area contributed by atoms with E-state index in [1.54, 1.807) is 22.4 Å². The first-order valence-corrected chi connectivity index (χ1v) is 11.4. The van der Waals surface area contributed by atoms with Gasteiger partial charge in [-0.05, 0) is 35.2 Å². The van der Waals surface area contributed by atoms with E-state index in [1.165, 1.54) is 23.5 Å². The first-order chi connectivity index (χ1) is 16.2. The van der Waals surface area contributed by atoms with E-state index >= 15 is 0 Å². The molecule has 1 aromatic heterocycles. The van der Waals surface area contributed by atoms with Crippen LogP contribution in [0.25, 0.3) is 0 Å². The smallest absolute Gasteiger partial charge is 0.416 e. The molecule has 0 saturated carbocycles. The van der Waals surface area contributed by atoms with Crippen molar-refractivity contribution in [2.75, 3.05) is 26.2 Å². The molecule has 1 fully saturated rings. The number of amides is 1. The van der Waals surface area contributed by atoms with Gasteiger partial charge >= 0.3 is 6.18 Å². The van der Waals surface area contributed by atoms with E-state index in [4.69, 9.17) is 4.74 Å². The van der Waals surface area contributed by atoms with Gasteiger partial charge < -0.3 is 9.64 Å². The standard InChI is InChI=1S/C24H21F5N2O2S/c25-19-4-5-21(20(26)12-19)33-14-17-11-22(34-15-17)23(32)31-8-6-30(7-9-31)13-16-2-1-3-18(10-16)24(27,28)29/h1-5,10-12,15H,6-9,13-14H2. The Bertz CT molecular complexity index is 1160. The Morgan fingerprint density at radius 3 is 2.44 bits per heavy atom. The average Bonchev–Trinajstić information content (AvgIpc) is 3.27. The molecule has 2 heterocycles. The maximum atomic E-state index is 13.7. The lowest BCUT2D eigenvalue weighted by molar-refractivity contribution is -0.137. The molecule has 0 atom stereocenters. The van der Waals surface area contributed by atoms with Gasteiger partial charge in [-0.1, -0.05) is 18.2 Å². The van der Waals surface area contributed by atoms with Crippen molar-refractivity contribution in [2.24, 2.45) is 0 Å². The highest BCUT2D eigenvalue weighted by Crippen LogP contribution is 2.30.